The lowest BCUT2D eigenvalue weighted by atomic mass is 10.2. The quantitative estimate of drug-likeness (QED) is 0.287. The molecule has 1 saturated heterocycles. The van der Waals surface area contributed by atoms with E-state index in [1.807, 2.05) is 54.6 Å². The van der Waals surface area contributed by atoms with Gasteiger partial charge in [0.15, 0.2) is 4.32 Å². The van der Waals surface area contributed by atoms with Crippen LogP contribution in [-0.4, -0.2) is 10.2 Å². The Morgan fingerprint density at radius 3 is 2.21 bits per heavy atom. The molecule has 0 spiro atoms. The Morgan fingerprint density at radius 2 is 1.52 bits per heavy atom. The van der Waals surface area contributed by atoms with E-state index in [0.717, 1.165) is 15.4 Å². The Kier molecular flexibility index (Phi) is 6.32. The van der Waals surface area contributed by atoms with Crippen molar-refractivity contribution in [2.75, 3.05) is 4.90 Å². The van der Waals surface area contributed by atoms with Gasteiger partial charge < -0.3 is 0 Å². The van der Waals surface area contributed by atoms with E-state index in [2.05, 4.69) is 0 Å². The van der Waals surface area contributed by atoms with Gasteiger partial charge in [0, 0.05) is 19.8 Å². The van der Waals surface area contributed by atoms with Gasteiger partial charge in [-0.25, -0.2) is 0 Å². The first-order chi connectivity index (χ1) is 14.0. The molecule has 0 aliphatic carbocycles. The lowest BCUT2D eigenvalue weighted by molar-refractivity contribution is -0.113. The zero-order valence-corrected chi connectivity index (χ0v) is 18.8. The van der Waals surface area contributed by atoms with Crippen molar-refractivity contribution >= 4 is 80.9 Å². The Labute approximate surface area is 192 Å². The summed E-state index contributed by atoms with van der Waals surface area (Å²) in [6.45, 7) is 0. The number of thiocarbonyl (C=S) groups is 1. The van der Waals surface area contributed by atoms with Crippen LogP contribution in [-0.2, 0) is 4.79 Å². The van der Waals surface area contributed by atoms with Gasteiger partial charge in [-0.1, -0.05) is 77.1 Å². The van der Waals surface area contributed by atoms with Crippen molar-refractivity contribution in [2.24, 2.45) is 0 Å². The van der Waals surface area contributed by atoms with E-state index in [0.29, 0.717) is 25.0 Å². The van der Waals surface area contributed by atoms with Crippen LogP contribution in [0, 0.1) is 0 Å². The Morgan fingerprint density at radius 1 is 0.897 bits per heavy atom. The van der Waals surface area contributed by atoms with Crippen molar-refractivity contribution < 1.29 is 4.79 Å². The summed E-state index contributed by atoms with van der Waals surface area (Å²) in [6, 6.07) is 22.7. The molecular formula is C22H13Cl2NOS3. The summed E-state index contributed by atoms with van der Waals surface area (Å²) in [4.78, 5) is 17.3. The standard InChI is InChI=1S/C22H13Cl2NOS3/c23-15-5-9-17(10-6-15)25-21(26)20(29-22(25)27)13-14-3-1-2-4-19(14)28-18-11-7-16(24)8-12-18/h1-13H/b20-13+. The SMILES string of the molecule is O=C1/C(=C\c2ccccc2Sc2ccc(Cl)cc2)SC(=S)N1c1ccc(Cl)cc1. The summed E-state index contributed by atoms with van der Waals surface area (Å²) < 4.78 is 0.506. The number of carbonyl (C=O) groups is 1. The molecule has 1 fully saturated rings. The first-order valence-corrected chi connectivity index (χ1v) is 11.4. The van der Waals surface area contributed by atoms with E-state index in [-0.39, 0.29) is 5.91 Å². The molecule has 1 aliphatic heterocycles. The number of hydrogen-bond donors (Lipinski definition) is 0. The highest BCUT2D eigenvalue weighted by molar-refractivity contribution is 8.27. The molecule has 0 unspecified atom stereocenters. The van der Waals surface area contributed by atoms with Crippen LogP contribution in [0.15, 0.2) is 87.5 Å². The van der Waals surface area contributed by atoms with Crippen LogP contribution in [0.1, 0.15) is 5.56 Å². The van der Waals surface area contributed by atoms with Crippen LogP contribution in [0.3, 0.4) is 0 Å². The number of amides is 1. The van der Waals surface area contributed by atoms with Gasteiger partial charge in [-0.05, 0) is 66.2 Å². The molecule has 3 aromatic rings. The monoisotopic (exact) mass is 473 g/mol. The molecule has 144 valence electrons. The van der Waals surface area contributed by atoms with Crippen molar-refractivity contribution in [3.05, 3.63) is 93.3 Å². The molecule has 1 heterocycles. The fourth-order valence-corrected chi connectivity index (χ4v) is 5.20. The summed E-state index contributed by atoms with van der Waals surface area (Å²) >= 11 is 20.3. The van der Waals surface area contributed by atoms with Crippen LogP contribution in [0.25, 0.3) is 6.08 Å². The number of benzene rings is 3. The minimum atomic E-state index is -0.131. The third-order valence-corrected chi connectivity index (χ3v) is 7.03. The maximum Gasteiger partial charge on any atom is 0.270 e. The second-order valence-electron chi connectivity index (χ2n) is 6.09. The second-order valence-corrected chi connectivity index (χ2v) is 9.75. The predicted molar refractivity (Wildman–Crippen MR) is 129 cm³/mol. The minimum Gasteiger partial charge on any atom is -0.268 e. The molecule has 2 nitrogen and oxygen atoms in total. The van der Waals surface area contributed by atoms with Gasteiger partial charge >= 0.3 is 0 Å². The van der Waals surface area contributed by atoms with Crippen LogP contribution in [0.5, 0.6) is 0 Å². The summed E-state index contributed by atoms with van der Waals surface area (Å²) in [6.07, 6.45) is 1.90. The van der Waals surface area contributed by atoms with Crippen LogP contribution in [0.2, 0.25) is 10.0 Å². The summed E-state index contributed by atoms with van der Waals surface area (Å²) in [5, 5.41) is 1.32. The van der Waals surface area contributed by atoms with E-state index >= 15 is 0 Å². The molecular weight excluding hydrogens is 461 g/mol. The van der Waals surface area contributed by atoms with Gasteiger partial charge in [-0.3, -0.25) is 9.69 Å². The number of hydrogen-bond acceptors (Lipinski definition) is 4. The summed E-state index contributed by atoms with van der Waals surface area (Å²) in [5.41, 5.74) is 1.67. The molecule has 0 N–H and O–H groups in total. The Hall–Kier alpha value is -1.76. The van der Waals surface area contributed by atoms with Crippen molar-refractivity contribution in [3.8, 4) is 0 Å². The van der Waals surface area contributed by atoms with Gasteiger partial charge in [-0.15, -0.1) is 0 Å². The highest BCUT2D eigenvalue weighted by Gasteiger charge is 2.33. The maximum absolute atomic E-state index is 13.0. The zero-order chi connectivity index (χ0) is 20.4. The average Bonchev–Trinajstić information content (AvgIpc) is 2.99. The topological polar surface area (TPSA) is 20.3 Å². The molecule has 0 radical (unpaired) electrons. The zero-order valence-electron chi connectivity index (χ0n) is 14.8. The van der Waals surface area contributed by atoms with Gasteiger partial charge in [0.25, 0.3) is 5.91 Å². The minimum absolute atomic E-state index is 0.131. The molecule has 7 heteroatoms. The fraction of sp³-hybridized carbons (Fsp3) is 0. The smallest absolute Gasteiger partial charge is 0.268 e. The second kappa shape index (κ2) is 8.94. The highest BCUT2D eigenvalue weighted by Crippen LogP contribution is 2.38. The van der Waals surface area contributed by atoms with Crippen molar-refractivity contribution in [1.82, 2.24) is 0 Å². The number of nitrogens with zero attached hydrogens (tertiary/aromatic N) is 1. The molecule has 1 aliphatic rings. The van der Waals surface area contributed by atoms with E-state index in [1.165, 1.54) is 16.7 Å². The van der Waals surface area contributed by atoms with Crippen molar-refractivity contribution in [1.29, 1.82) is 0 Å². The maximum atomic E-state index is 13.0. The molecule has 1 amide bonds. The predicted octanol–water partition coefficient (Wildman–Crippen LogP) is 7.55. The first-order valence-electron chi connectivity index (χ1n) is 8.57. The summed E-state index contributed by atoms with van der Waals surface area (Å²) in [7, 11) is 0. The third kappa shape index (κ3) is 4.71. The molecule has 0 bridgehead atoms. The molecule has 3 aromatic carbocycles. The van der Waals surface area contributed by atoms with Gasteiger partial charge in [0.2, 0.25) is 0 Å². The molecule has 0 saturated carbocycles. The van der Waals surface area contributed by atoms with Crippen molar-refractivity contribution in [3.63, 3.8) is 0 Å². The van der Waals surface area contributed by atoms with Gasteiger partial charge in [0.05, 0.1) is 10.6 Å². The van der Waals surface area contributed by atoms with E-state index in [9.17, 15) is 4.79 Å². The molecule has 0 aromatic heterocycles. The average molecular weight is 474 g/mol. The van der Waals surface area contributed by atoms with E-state index in [4.69, 9.17) is 35.4 Å². The molecule has 4 rings (SSSR count). The normalized spacial score (nSPS) is 15.4. The van der Waals surface area contributed by atoms with Crippen LogP contribution >= 0.6 is 58.9 Å². The first kappa shape index (κ1) is 20.5. The number of carbonyl (C=O) groups excluding carboxylic acids is 1. The Bertz CT molecular complexity index is 1110. The third-order valence-electron chi connectivity index (χ3n) is 4.13. The number of thioether (sulfide) groups is 1. The summed E-state index contributed by atoms with van der Waals surface area (Å²) in [5.74, 6) is -0.131. The van der Waals surface area contributed by atoms with Gasteiger partial charge in [0.1, 0.15) is 0 Å². The number of anilines is 1. The lowest BCUT2D eigenvalue weighted by Gasteiger charge is -2.14. The molecule has 29 heavy (non-hydrogen) atoms. The van der Waals surface area contributed by atoms with E-state index in [1.54, 1.807) is 36.0 Å². The molecule has 0 atom stereocenters. The fourth-order valence-electron chi connectivity index (χ4n) is 2.74. The lowest BCUT2D eigenvalue weighted by Crippen LogP contribution is -2.27. The number of halogens is 2. The van der Waals surface area contributed by atoms with E-state index < -0.39 is 0 Å². The van der Waals surface area contributed by atoms with Crippen molar-refractivity contribution in [2.45, 2.75) is 9.79 Å². The van der Waals surface area contributed by atoms with Crippen LogP contribution < -0.4 is 4.90 Å². The van der Waals surface area contributed by atoms with Crippen LogP contribution in [0.4, 0.5) is 5.69 Å². The number of rotatable bonds is 4. The Balaban J connectivity index is 1.63. The highest BCUT2D eigenvalue weighted by atomic mass is 35.5. The van der Waals surface area contributed by atoms with Gasteiger partial charge in [-0.2, -0.15) is 0 Å². The largest absolute Gasteiger partial charge is 0.270 e.